The van der Waals surface area contributed by atoms with Gasteiger partial charge in [0, 0.05) is 45.3 Å². The standard InChI is InChI=1S/C17H27N3O2/c1-12-5-6-14(16(9-12)19(3)4)10-18-17(22)20-8-7-15(11-20)13(2)21/h5-6,9,13,15,21H,7-8,10-11H2,1-4H3,(H,18,22)/t13-,15-/m1/s1. The summed E-state index contributed by atoms with van der Waals surface area (Å²) < 4.78 is 0. The molecule has 2 amide bonds. The van der Waals surface area contributed by atoms with Gasteiger partial charge in [-0.05, 0) is 37.5 Å². The van der Waals surface area contributed by atoms with Gasteiger partial charge in [0.05, 0.1) is 6.10 Å². The monoisotopic (exact) mass is 305 g/mol. The minimum Gasteiger partial charge on any atom is -0.393 e. The van der Waals surface area contributed by atoms with E-state index in [1.807, 2.05) is 14.1 Å². The van der Waals surface area contributed by atoms with E-state index in [4.69, 9.17) is 0 Å². The van der Waals surface area contributed by atoms with Crippen molar-refractivity contribution in [3.8, 4) is 0 Å². The average Bonchev–Trinajstić information content (AvgIpc) is 2.95. The summed E-state index contributed by atoms with van der Waals surface area (Å²) in [5, 5.41) is 12.6. The number of rotatable bonds is 4. The summed E-state index contributed by atoms with van der Waals surface area (Å²) in [6, 6.07) is 6.20. The molecule has 0 aliphatic carbocycles. The van der Waals surface area contributed by atoms with Crippen molar-refractivity contribution in [3.05, 3.63) is 29.3 Å². The van der Waals surface area contributed by atoms with Gasteiger partial charge in [0.25, 0.3) is 0 Å². The summed E-state index contributed by atoms with van der Waals surface area (Å²) in [5.74, 6) is 0.197. The molecule has 5 heteroatoms. The third kappa shape index (κ3) is 3.91. The number of hydrogen-bond acceptors (Lipinski definition) is 3. The van der Waals surface area contributed by atoms with Crippen molar-refractivity contribution in [1.82, 2.24) is 10.2 Å². The van der Waals surface area contributed by atoms with Crippen LogP contribution >= 0.6 is 0 Å². The fourth-order valence-corrected chi connectivity index (χ4v) is 2.89. The highest BCUT2D eigenvalue weighted by Crippen LogP contribution is 2.21. The van der Waals surface area contributed by atoms with Crippen molar-refractivity contribution in [3.63, 3.8) is 0 Å². The first kappa shape index (κ1) is 16.6. The number of carbonyl (C=O) groups excluding carboxylic acids is 1. The molecule has 2 rings (SSSR count). The fourth-order valence-electron chi connectivity index (χ4n) is 2.89. The van der Waals surface area contributed by atoms with Gasteiger partial charge in [-0.3, -0.25) is 0 Å². The lowest BCUT2D eigenvalue weighted by Gasteiger charge is -2.21. The molecule has 1 heterocycles. The number of anilines is 1. The molecular weight excluding hydrogens is 278 g/mol. The molecule has 0 unspecified atom stereocenters. The van der Waals surface area contributed by atoms with Crippen LogP contribution in [0.3, 0.4) is 0 Å². The van der Waals surface area contributed by atoms with Gasteiger partial charge < -0.3 is 20.2 Å². The number of aliphatic hydroxyl groups excluding tert-OH is 1. The van der Waals surface area contributed by atoms with Crippen molar-refractivity contribution in [2.24, 2.45) is 5.92 Å². The van der Waals surface area contributed by atoms with Crippen LogP contribution in [0.25, 0.3) is 0 Å². The van der Waals surface area contributed by atoms with Gasteiger partial charge in [-0.2, -0.15) is 0 Å². The Labute approximate surface area is 132 Å². The van der Waals surface area contributed by atoms with Crippen LogP contribution in [0.15, 0.2) is 18.2 Å². The number of aryl methyl sites for hydroxylation is 1. The molecule has 1 aromatic rings. The highest BCUT2D eigenvalue weighted by Gasteiger charge is 2.28. The molecule has 5 nitrogen and oxygen atoms in total. The third-order valence-electron chi connectivity index (χ3n) is 4.35. The smallest absolute Gasteiger partial charge is 0.317 e. The number of nitrogens with one attached hydrogen (secondary N) is 1. The zero-order valence-corrected chi connectivity index (χ0v) is 14.0. The molecule has 2 atom stereocenters. The second kappa shape index (κ2) is 7.01. The number of aliphatic hydroxyl groups is 1. The zero-order valence-electron chi connectivity index (χ0n) is 14.0. The van der Waals surface area contributed by atoms with Crippen LogP contribution in [0.4, 0.5) is 10.5 Å². The molecule has 0 spiro atoms. The van der Waals surface area contributed by atoms with Crippen LogP contribution in [0.5, 0.6) is 0 Å². The van der Waals surface area contributed by atoms with Crippen LogP contribution in [-0.2, 0) is 6.54 Å². The highest BCUT2D eigenvalue weighted by atomic mass is 16.3. The molecule has 0 aromatic heterocycles. The Kier molecular flexibility index (Phi) is 5.29. The summed E-state index contributed by atoms with van der Waals surface area (Å²) in [7, 11) is 4.02. The second-order valence-electron chi connectivity index (χ2n) is 6.42. The molecule has 1 aromatic carbocycles. The summed E-state index contributed by atoms with van der Waals surface area (Å²) in [6.07, 6.45) is 0.522. The van der Waals surface area contributed by atoms with E-state index in [9.17, 15) is 9.90 Å². The van der Waals surface area contributed by atoms with Crippen LogP contribution < -0.4 is 10.2 Å². The SMILES string of the molecule is Cc1ccc(CNC(=O)N2CC[C@@H]([C@@H](C)O)C2)c(N(C)C)c1. The second-order valence-corrected chi connectivity index (χ2v) is 6.42. The lowest BCUT2D eigenvalue weighted by atomic mass is 10.0. The molecular formula is C17H27N3O2. The molecule has 2 N–H and O–H groups in total. The number of amides is 2. The van der Waals surface area contributed by atoms with Crippen LogP contribution in [-0.4, -0.2) is 49.3 Å². The molecule has 1 fully saturated rings. The fraction of sp³-hybridized carbons (Fsp3) is 0.588. The summed E-state index contributed by atoms with van der Waals surface area (Å²) in [4.78, 5) is 16.1. The topological polar surface area (TPSA) is 55.8 Å². The number of benzene rings is 1. The first-order valence-corrected chi connectivity index (χ1v) is 7.86. The van der Waals surface area contributed by atoms with Gasteiger partial charge >= 0.3 is 6.03 Å². The lowest BCUT2D eigenvalue weighted by molar-refractivity contribution is 0.129. The van der Waals surface area contributed by atoms with Crippen molar-refractivity contribution < 1.29 is 9.90 Å². The van der Waals surface area contributed by atoms with E-state index in [2.05, 4.69) is 35.3 Å². The van der Waals surface area contributed by atoms with Crippen LogP contribution in [0.2, 0.25) is 0 Å². The first-order valence-electron chi connectivity index (χ1n) is 7.86. The van der Waals surface area contributed by atoms with Gasteiger partial charge in [0.2, 0.25) is 0 Å². The quantitative estimate of drug-likeness (QED) is 0.894. The van der Waals surface area contributed by atoms with Gasteiger partial charge in [-0.25, -0.2) is 4.79 Å². The largest absolute Gasteiger partial charge is 0.393 e. The minimum absolute atomic E-state index is 0.0477. The van der Waals surface area contributed by atoms with Crippen molar-refractivity contribution in [2.75, 3.05) is 32.1 Å². The number of hydrogen-bond donors (Lipinski definition) is 2. The maximum absolute atomic E-state index is 12.3. The molecule has 0 saturated carbocycles. The molecule has 22 heavy (non-hydrogen) atoms. The maximum Gasteiger partial charge on any atom is 0.317 e. The predicted octanol–water partition coefficient (Wildman–Crippen LogP) is 1.97. The van der Waals surface area contributed by atoms with E-state index in [1.165, 1.54) is 5.56 Å². The van der Waals surface area contributed by atoms with Crippen LogP contribution in [0, 0.1) is 12.8 Å². The molecule has 122 valence electrons. The summed E-state index contributed by atoms with van der Waals surface area (Å²) in [5.41, 5.74) is 3.44. The van der Waals surface area contributed by atoms with E-state index in [-0.39, 0.29) is 18.1 Å². The molecule has 1 saturated heterocycles. The summed E-state index contributed by atoms with van der Waals surface area (Å²) >= 11 is 0. The number of urea groups is 1. The highest BCUT2D eigenvalue weighted by molar-refractivity contribution is 5.74. The Morgan fingerprint density at radius 3 is 2.82 bits per heavy atom. The van der Waals surface area contributed by atoms with E-state index in [0.29, 0.717) is 13.1 Å². The molecule has 1 aliphatic heterocycles. The number of likely N-dealkylation sites (tertiary alicyclic amines) is 1. The predicted molar refractivity (Wildman–Crippen MR) is 89.1 cm³/mol. The van der Waals surface area contributed by atoms with Gasteiger partial charge in [0.15, 0.2) is 0 Å². The van der Waals surface area contributed by atoms with E-state index in [0.717, 1.165) is 24.2 Å². The first-order chi connectivity index (χ1) is 10.4. The van der Waals surface area contributed by atoms with E-state index in [1.54, 1.807) is 11.8 Å². The van der Waals surface area contributed by atoms with Crippen molar-refractivity contribution >= 4 is 11.7 Å². The summed E-state index contributed by atoms with van der Waals surface area (Å²) in [6.45, 7) is 5.73. The van der Waals surface area contributed by atoms with E-state index >= 15 is 0 Å². The lowest BCUT2D eigenvalue weighted by Crippen LogP contribution is -2.38. The van der Waals surface area contributed by atoms with Gasteiger partial charge in [-0.1, -0.05) is 12.1 Å². The Morgan fingerprint density at radius 2 is 2.23 bits per heavy atom. The minimum atomic E-state index is -0.352. The molecule has 1 aliphatic rings. The Morgan fingerprint density at radius 1 is 1.50 bits per heavy atom. The number of nitrogens with zero attached hydrogens (tertiary/aromatic N) is 2. The van der Waals surface area contributed by atoms with E-state index < -0.39 is 0 Å². The van der Waals surface area contributed by atoms with Crippen molar-refractivity contribution in [2.45, 2.75) is 32.9 Å². The van der Waals surface area contributed by atoms with Crippen molar-refractivity contribution in [1.29, 1.82) is 0 Å². The molecule has 0 radical (unpaired) electrons. The molecule has 0 bridgehead atoms. The van der Waals surface area contributed by atoms with Crippen LogP contribution in [0.1, 0.15) is 24.5 Å². The third-order valence-corrected chi connectivity index (χ3v) is 4.35. The van der Waals surface area contributed by atoms with Gasteiger partial charge in [0.1, 0.15) is 0 Å². The zero-order chi connectivity index (χ0) is 16.3. The average molecular weight is 305 g/mol. The Hall–Kier alpha value is -1.75. The Balaban J connectivity index is 1.95. The number of carbonyl (C=O) groups is 1. The maximum atomic E-state index is 12.3. The normalized spacial score (nSPS) is 19.1. The Bertz CT molecular complexity index is 529. The van der Waals surface area contributed by atoms with Gasteiger partial charge in [-0.15, -0.1) is 0 Å².